The van der Waals surface area contributed by atoms with Crippen LogP contribution < -0.4 is 10.0 Å². The highest BCUT2D eigenvalue weighted by atomic mass is 32.2. The van der Waals surface area contributed by atoms with E-state index in [2.05, 4.69) is 16.1 Å². The average Bonchev–Trinajstić information content (AvgIpc) is 3.38. The van der Waals surface area contributed by atoms with Crippen LogP contribution in [0.1, 0.15) is 65.4 Å². The minimum absolute atomic E-state index is 0.218. The van der Waals surface area contributed by atoms with Crippen LogP contribution in [0.25, 0.3) is 0 Å². The molecule has 1 unspecified atom stereocenters. The molecule has 1 aromatic heterocycles. The van der Waals surface area contributed by atoms with Crippen LogP contribution in [0, 0.1) is 0 Å². The summed E-state index contributed by atoms with van der Waals surface area (Å²) in [6, 6.07) is 3.99. The Morgan fingerprint density at radius 1 is 1.04 bits per heavy atom. The van der Waals surface area contributed by atoms with E-state index in [-0.39, 0.29) is 6.03 Å². The fraction of sp³-hybridized carbons (Fsp3) is 0.476. The predicted molar refractivity (Wildman–Crippen MR) is 105 cm³/mol. The smallest absolute Gasteiger partial charge is 0.329 e. The van der Waals surface area contributed by atoms with E-state index in [9.17, 15) is 9.90 Å². The lowest BCUT2D eigenvalue weighted by molar-refractivity contribution is 0.152. The molecule has 0 bridgehead atoms. The third-order valence-corrected chi connectivity index (χ3v) is 6.71. The first-order valence-electron chi connectivity index (χ1n) is 9.90. The van der Waals surface area contributed by atoms with Gasteiger partial charge in [0.15, 0.2) is 5.09 Å². The molecule has 6 heteroatoms. The summed E-state index contributed by atoms with van der Waals surface area (Å²) in [7, 11) is 0. The monoisotopic (exact) mass is 384 g/mol. The highest BCUT2D eigenvalue weighted by Crippen LogP contribution is 2.39. The number of amides is 2. The van der Waals surface area contributed by atoms with E-state index in [0.717, 1.165) is 62.0 Å². The third-order valence-electron chi connectivity index (χ3n) is 6.02. The lowest BCUT2D eigenvalue weighted by Crippen LogP contribution is -2.24. The first-order chi connectivity index (χ1) is 13.2. The standard InChI is InChI=1S/C21H24N2O3S/c24-17-8-3-9-18-16(17)11-19(26-18)27-23-21(25)22-20-14-6-1-4-12(14)10-13-5-2-7-15(13)20/h10-11,17,24H,1-9H2,(H2,22,23,25). The maximum absolute atomic E-state index is 12.6. The predicted octanol–water partition coefficient (Wildman–Crippen LogP) is 4.46. The molecule has 1 heterocycles. The van der Waals surface area contributed by atoms with Gasteiger partial charge in [-0.15, -0.1) is 0 Å². The van der Waals surface area contributed by atoms with Crippen LogP contribution in [0.3, 0.4) is 0 Å². The molecule has 2 aromatic rings. The molecule has 3 aliphatic carbocycles. The van der Waals surface area contributed by atoms with Gasteiger partial charge in [-0.25, -0.2) is 4.79 Å². The van der Waals surface area contributed by atoms with Crippen molar-refractivity contribution >= 4 is 23.7 Å². The number of carbonyl (C=O) groups is 1. The van der Waals surface area contributed by atoms with Crippen molar-refractivity contribution in [1.29, 1.82) is 0 Å². The van der Waals surface area contributed by atoms with Crippen LogP contribution in [0.2, 0.25) is 0 Å². The van der Waals surface area contributed by atoms with Crippen molar-refractivity contribution in [1.82, 2.24) is 4.72 Å². The molecule has 3 aliphatic rings. The molecule has 27 heavy (non-hydrogen) atoms. The van der Waals surface area contributed by atoms with Gasteiger partial charge in [0.25, 0.3) is 0 Å². The van der Waals surface area contributed by atoms with Crippen LogP contribution in [-0.2, 0) is 32.1 Å². The van der Waals surface area contributed by atoms with Gasteiger partial charge in [-0.1, -0.05) is 6.07 Å². The van der Waals surface area contributed by atoms with Gasteiger partial charge >= 0.3 is 6.03 Å². The summed E-state index contributed by atoms with van der Waals surface area (Å²) in [4.78, 5) is 12.6. The number of benzene rings is 1. The first kappa shape index (κ1) is 17.2. The number of hydrogen-bond acceptors (Lipinski definition) is 4. The minimum Gasteiger partial charge on any atom is -0.453 e. The first-order valence-corrected chi connectivity index (χ1v) is 10.7. The van der Waals surface area contributed by atoms with Crippen molar-refractivity contribution in [3.05, 3.63) is 45.7 Å². The van der Waals surface area contributed by atoms with Gasteiger partial charge in [0.1, 0.15) is 5.76 Å². The molecule has 0 radical (unpaired) electrons. The second-order valence-electron chi connectivity index (χ2n) is 7.74. The fourth-order valence-electron chi connectivity index (χ4n) is 4.76. The summed E-state index contributed by atoms with van der Waals surface area (Å²) in [6.45, 7) is 0. The van der Waals surface area contributed by atoms with Crippen LogP contribution in [-0.4, -0.2) is 11.1 Å². The van der Waals surface area contributed by atoms with Crippen molar-refractivity contribution in [2.75, 3.05) is 5.32 Å². The number of aryl methyl sites for hydroxylation is 3. The van der Waals surface area contributed by atoms with Gasteiger partial charge in [0.2, 0.25) is 0 Å². The number of rotatable bonds is 3. The zero-order valence-electron chi connectivity index (χ0n) is 15.3. The van der Waals surface area contributed by atoms with E-state index in [4.69, 9.17) is 4.42 Å². The van der Waals surface area contributed by atoms with Crippen molar-refractivity contribution < 1.29 is 14.3 Å². The summed E-state index contributed by atoms with van der Waals surface area (Å²) in [6.07, 6.45) is 8.78. The summed E-state index contributed by atoms with van der Waals surface area (Å²) < 4.78 is 8.63. The normalized spacial score (nSPS) is 20.1. The number of nitrogens with one attached hydrogen (secondary N) is 2. The Morgan fingerprint density at radius 3 is 2.48 bits per heavy atom. The quantitative estimate of drug-likeness (QED) is 0.683. The Bertz CT molecular complexity index is 873. The largest absolute Gasteiger partial charge is 0.453 e. The Balaban J connectivity index is 1.30. The molecule has 1 aromatic carbocycles. The molecule has 5 rings (SSSR count). The molecule has 0 fully saturated rings. The molecule has 142 valence electrons. The summed E-state index contributed by atoms with van der Waals surface area (Å²) >= 11 is 1.17. The molecular weight excluding hydrogens is 360 g/mol. The number of furan rings is 1. The lowest BCUT2D eigenvalue weighted by Gasteiger charge is -2.16. The van der Waals surface area contributed by atoms with E-state index in [0.29, 0.717) is 5.09 Å². The number of hydrogen-bond donors (Lipinski definition) is 3. The summed E-state index contributed by atoms with van der Waals surface area (Å²) in [5, 5.41) is 13.8. The van der Waals surface area contributed by atoms with E-state index < -0.39 is 6.10 Å². The van der Waals surface area contributed by atoms with E-state index >= 15 is 0 Å². The maximum Gasteiger partial charge on any atom is 0.329 e. The highest BCUT2D eigenvalue weighted by molar-refractivity contribution is 7.97. The van der Waals surface area contributed by atoms with Crippen molar-refractivity contribution in [2.24, 2.45) is 0 Å². The molecule has 3 N–H and O–H groups in total. The van der Waals surface area contributed by atoms with Crippen LogP contribution in [0.5, 0.6) is 0 Å². The molecule has 2 amide bonds. The SMILES string of the molecule is O=C(NSc1cc2c(o1)CCCC2O)Nc1c2c(cc3c1CCC3)CCC2. The van der Waals surface area contributed by atoms with Crippen molar-refractivity contribution in [3.8, 4) is 0 Å². The zero-order chi connectivity index (χ0) is 18.4. The minimum atomic E-state index is -0.449. The Morgan fingerprint density at radius 2 is 1.78 bits per heavy atom. The van der Waals surface area contributed by atoms with E-state index in [1.807, 2.05) is 6.07 Å². The zero-order valence-corrected chi connectivity index (χ0v) is 16.1. The van der Waals surface area contributed by atoms with Gasteiger partial charge in [-0.3, -0.25) is 4.72 Å². The van der Waals surface area contributed by atoms with Gasteiger partial charge in [0.05, 0.1) is 6.10 Å². The van der Waals surface area contributed by atoms with E-state index in [1.165, 1.54) is 47.0 Å². The number of anilines is 1. The summed E-state index contributed by atoms with van der Waals surface area (Å²) in [5.74, 6) is 0.845. The van der Waals surface area contributed by atoms with Gasteiger partial charge in [-0.2, -0.15) is 0 Å². The molecule has 5 nitrogen and oxygen atoms in total. The second-order valence-corrected chi connectivity index (χ2v) is 8.55. The number of fused-ring (bicyclic) bond motifs is 3. The Kier molecular flexibility index (Phi) is 4.40. The van der Waals surface area contributed by atoms with Crippen LogP contribution in [0.15, 0.2) is 21.6 Å². The lowest BCUT2D eigenvalue weighted by atomic mass is 9.96. The van der Waals surface area contributed by atoms with Crippen LogP contribution in [0.4, 0.5) is 10.5 Å². The van der Waals surface area contributed by atoms with Gasteiger partial charge in [0, 0.05) is 29.6 Å². The fourth-order valence-corrected chi connectivity index (χ4v) is 5.33. The molecular formula is C21H24N2O3S. The topological polar surface area (TPSA) is 74.5 Å². The second kappa shape index (κ2) is 6.91. The number of aliphatic hydroxyl groups excluding tert-OH is 1. The molecule has 0 saturated heterocycles. The van der Waals surface area contributed by atoms with Gasteiger partial charge in [-0.05, 0) is 79.7 Å². The average molecular weight is 385 g/mol. The molecule has 0 aliphatic heterocycles. The Hall–Kier alpha value is -1.92. The van der Waals surface area contributed by atoms with Crippen molar-refractivity contribution in [2.45, 2.75) is 69.0 Å². The summed E-state index contributed by atoms with van der Waals surface area (Å²) in [5.41, 5.74) is 7.38. The van der Waals surface area contributed by atoms with Gasteiger partial charge < -0.3 is 14.8 Å². The molecule has 1 atom stereocenters. The van der Waals surface area contributed by atoms with E-state index in [1.54, 1.807) is 0 Å². The number of carbonyl (C=O) groups excluding carboxylic acids is 1. The molecule has 0 spiro atoms. The third kappa shape index (κ3) is 3.15. The Labute approximate surface area is 163 Å². The highest BCUT2D eigenvalue weighted by Gasteiger charge is 2.26. The van der Waals surface area contributed by atoms with Crippen molar-refractivity contribution in [3.63, 3.8) is 0 Å². The number of urea groups is 1. The maximum atomic E-state index is 12.6. The molecule has 0 saturated carbocycles. The number of aliphatic hydroxyl groups is 1. The van der Waals surface area contributed by atoms with Crippen LogP contribution >= 0.6 is 11.9 Å².